The molecule has 0 fully saturated rings. The number of fused-ring (bicyclic) bond motifs is 5. The Morgan fingerprint density at radius 2 is 1.91 bits per heavy atom. The summed E-state index contributed by atoms with van der Waals surface area (Å²) in [6, 6.07) is 11.7. The van der Waals surface area contributed by atoms with E-state index >= 15 is 0 Å². The van der Waals surface area contributed by atoms with Gasteiger partial charge in [0, 0.05) is 30.1 Å². The van der Waals surface area contributed by atoms with E-state index < -0.39 is 22.9 Å². The first-order chi connectivity index (χ1) is 16.4. The molecule has 9 heteroatoms. The molecule has 7 nitrogen and oxygen atoms in total. The topological polar surface area (TPSA) is 73.9 Å². The Bertz CT molecular complexity index is 1740. The number of rotatable bonds is 3. The van der Waals surface area contributed by atoms with E-state index in [1.54, 1.807) is 19.1 Å². The molecule has 0 saturated heterocycles. The summed E-state index contributed by atoms with van der Waals surface area (Å²) in [7, 11) is 1.03. The van der Waals surface area contributed by atoms with Gasteiger partial charge in [0.25, 0.3) is 0 Å². The lowest BCUT2D eigenvalue weighted by molar-refractivity contribution is 0.0524. The Morgan fingerprint density at radius 3 is 2.68 bits per heavy atom. The number of pyridine rings is 1. The van der Waals surface area contributed by atoms with Gasteiger partial charge in [0.2, 0.25) is 5.43 Å². The highest BCUT2D eigenvalue weighted by atomic mass is 19.2. The van der Waals surface area contributed by atoms with E-state index in [1.165, 1.54) is 10.8 Å². The van der Waals surface area contributed by atoms with Gasteiger partial charge < -0.3 is 18.5 Å². The molecule has 0 saturated carbocycles. The number of aromatic nitrogens is 1. The van der Waals surface area contributed by atoms with Gasteiger partial charge in [-0.3, -0.25) is 4.79 Å². The van der Waals surface area contributed by atoms with Crippen LogP contribution in [0.25, 0.3) is 38.5 Å². The summed E-state index contributed by atoms with van der Waals surface area (Å²) < 4.78 is 47.9. The molecule has 170 valence electrons. The minimum Gasteiger partial charge on any atom is -0.462 e. The Hall–Kier alpha value is -4.40. The van der Waals surface area contributed by atoms with Crippen molar-refractivity contribution in [1.82, 2.24) is 4.57 Å². The summed E-state index contributed by atoms with van der Waals surface area (Å²) in [6.07, 6.45) is 1.31. The van der Waals surface area contributed by atoms with Crippen molar-refractivity contribution in [3.8, 4) is 17.2 Å². The van der Waals surface area contributed by atoms with Crippen molar-refractivity contribution >= 4 is 44.5 Å². The van der Waals surface area contributed by atoms with Crippen LogP contribution in [0.15, 0.2) is 57.9 Å². The molecule has 5 aromatic rings. The van der Waals surface area contributed by atoms with E-state index in [4.69, 9.17) is 13.9 Å². The van der Waals surface area contributed by atoms with Crippen molar-refractivity contribution in [2.45, 2.75) is 6.92 Å². The van der Waals surface area contributed by atoms with Crippen LogP contribution in [-0.2, 0) is 4.74 Å². The highest BCUT2D eigenvalue weighted by Gasteiger charge is 2.31. The fourth-order valence-corrected chi connectivity index (χ4v) is 4.46. The lowest BCUT2D eigenvalue weighted by Crippen LogP contribution is -2.23. The second-order valence-electron chi connectivity index (χ2n) is 7.89. The first-order valence-corrected chi connectivity index (χ1v) is 10.5. The highest BCUT2D eigenvalue weighted by Crippen LogP contribution is 2.48. The van der Waals surface area contributed by atoms with Gasteiger partial charge in [0.15, 0.2) is 17.3 Å². The number of benzene rings is 3. The molecule has 3 aromatic carbocycles. The number of nitrogens with zero attached hydrogens (tertiary/aromatic N) is 2. The molecule has 6 rings (SSSR count). The number of halogens is 2. The SMILES string of the molecule is CCOC(=O)c1cn2c3c(c(N(C)F)c(F)cc3c1=O)Oc1cc3c(cc1-2)oc1ccccc13. The van der Waals surface area contributed by atoms with Crippen LogP contribution in [0.5, 0.6) is 11.5 Å². The van der Waals surface area contributed by atoms with Gasteiger partial charge >= 0.3 is 5.97 Å². The average molecular weight is 462 g/mol. The standard InChI is InChI=1S/C25H16F2N2O5/c1-3-32-25(31)15-11-29-17-10-19-13(12-6-4-5-7-18(12)33-19)9-20(17)34-24-21(29)14(23(15)30)8-16(26)22(24)28(2)27/h4-11H,3H2,1-2H3. The number of ether oxygens (including phenoxy) is 2. The zero-order valence-corrected chi connectivity index (χ0v) is 18.0. The second-order valence-corrected chi connectivity index (χ2v) is 7.89. The maximum Gasteiger partial charge on any atom is 0.343 e. The van der Waals surface area contributed by atoms with Crippen molar-refractivity contribution in [3.63, 3.8) is 0 Å². The van der Waals surface area contributed by atoms with Crippen LogP contribution >= 0.6 is 0 Å². The normalized spacial score (nSPS) is 12.1. The lowest BCUT2D eigenvalue weighted by Gasteiger charge is -2.26. The van der Waals surface area contributed by atoms with Crippen molar-refractivity contribution in [2.24, 2.45) is 0 Å². The van der Waals surface area contributed by atoms with Crippen LogP contribution in [0.3, 0.4) is 0 Å². The Balaban J connectivity index is 1.76. The molecule has 0 atom stereocenters. The lowest BCUT2D eigenvalue weighted by atomic mass is 10.1. The van der Waals surface area contributed by atoms with Crippen LogP contribution < -0.4 is 15.3 Å². The zero-order valence-electron chi connectivity index (χ0n) is 18.0. The fraction of sp³-hybridized carbons (Fsp3) is 0.120. The molecule has 3 heterocycles. The minimum absolute atomic E-state index is 0.0564. The van der Waals surface area contributed by atoms with Crippen LogP contribution in [0.4, 0.5) is 14.6 Å². The number of anilines is 1. The van der Waals surface area contributed by atoms with Gasteiger partial charge in [-0.1, -0.05) is 18.2 Å². The van der Waals surface area contributed by atoms with Crippen LogP contribution in [0.1, 0.15) is 17.3 Å². The second kappa shape index (κ2) is 7.05. The number of hydrogen-bond acceptors (Lipinski definition) is 6. The van der Waals surface area contributed by atoms with E-state index in [9.17, 15) is 18.5 Å². The third kappa shape index (κ3) is 2.67. The maximum absolute atomic E-state index is 15.0. The number of carbonyl (C=O) groups is 1. The smallest absolute Gasteiger partial charge is 0.343 e. The number of para-hydroxylation sites is 1. The largest absolute Gasteiger partial charge is 0.462 e. The van der Waals surface area contributed by atoms with E-state index in [-0.39, 0.29) is 39.7 Å². The summed E-state index contributed by atoms with van der Waals surface area (Å²) in [4.78, 5) is 25.6. The number of hydrogen-bond donors (Lipinski definition) is 0. The Labute approximate surface area is 190 Å². The molecular weight excluding hydrogens is 446 g/mol. The van der Waals surface area contributed by atoms with Gasteiger partial charge in [0.1, 0.15) is 27.9 Å². The molecule has 0 amide bonds. The molecule has 0 spiro atoms. The highest BCUT2D eigenvalue weighted by molar-refractivity contribution is 6.07. The van der Waals surface area contributed by atoms with Crippen LogP contribution in [0.2, 0.25) is 0 Å². The van der Waals surface area contributed by atoms with Crippen molar-refractivity contribution in [2.75, 3.05) is 18.8 Å². The van der Waals surface area contributed by atoms with Gasteiger partial charge in [-0.15, -0.1) is 4.48 Å². The van der Waals surface area contributed by atoms with Crippen molar-refractivity contribution in [1.29, 1.82) is 0 Å². The van der Waals surface area contributed by atoms with Gasteiger partial charge in [-0.05, 0) is 25.1 Å². The molecule has 0 aliphatic carbocycles. The van der Waals surface area contributed by atoms with E-state index in [0.29, 0.717) is 16.9 Å². The molecule has 1 aliphatic heterocycles. The van der Waals surface area contributed by atoms with Gasteiger partial charge in [-0.25, -0.2) is 14.3 Å². The summed E-state index contributed by atoms with van der Waals surface area (Å²) in [6.45, 7) is 1.67. The molecule has 0 bridgehead atoms. The third-order valence-electron chi connectivity index (χ3n) is 5.90. The third-order valence-corrected chi connectivity index (χ3v) is 5.90. The number of esters is 1. The average Bonchev–Trinajstić information content (AvgIpc) is 3.16. The maximum atomic E-state index is 15.0. The predicted molar refractivity (Wildman–Crippen MR) is 122 cm³/mol. The predicted octanol–water partition coefficient (Wildman–Crippen LogP) is 5.63. The van der Waals surface area contributed by atoms with Gasteiger partial charge in [-0.2, -0.15) is 0 Å². The quantitative estimate of drug-likeness (QED) is 0.251. The molecule has 0 N–H and O–H groups in total. The number of furan rings is 1. The van der Waals surface area contributed by atoms with E-state index in [2.05, 4.69) is 0 Å². The van der Waals surface area contributed by atoms with E-state index in [1.807, 2.05) is 24.3 Å². The van der Waals surface area contributed by atoms with Crippen LogP contribution in [-0.4, -0.2) is 24.2 Å². The van der Waals surface area contributed by atoms with Crippen molar-refractivity contribution < 1.29 is 27.6 Å². The molecular formula is C25H16F2N2O5. The Morgan fingerprint density at radius 1 is 1.12 bits per heavy atom. The molecule has 1 aliphatic rings. The molecule has 0 unspecified atom stereocenters. The first kappa shape index (κ1) is 20.2. The van der Waals surface area contributed by atoms with Gasteiger partial charge in [0.05, 0.1) is 17.7 Å². The Kier molecular flexibility index (Phi) is 4.19. The minimum atomic E-state index is -1.00. The summed E-state index contributed by atoms with van der Waals surface area (Å²) in [5.74, 6) is -1.74. The summed E-state index contributed by atoms with van der Waals surface area (Å²) in [5, 5.41) is 1.54. The number of carbonyl (C=O) groups excluding carboxylic acids is 1. The molecule has 2 aromatic heterocycles. The zero-order chi connectivity index (χ0) is 23.7. The molecule has 0 radical (unpaired) electrons. The van der Waals surface area contributed by atoms with Crippen molar-refractivity contribution in [3.05, 3.63) is 70.3 Å². The molecule has 34 heavy (non-hydrogen) atoms. The van der Waals surface area contributed by atoms with Crippen LogP contribution in [0, 0.1) is 5.82 Å². The van der Waals surface area contributed by atoms with E-state index in [0.717, 1.165) is 23.9 Å². The first-order valence-electron chi connectivity index (χ1n) is 10.5. The summed E-state index contributed by atoms with van der Waals surface area (Å²) in [5.41, 5.74) is 0.280. The fourth-order valence-electron chi connectivity index (χ4n) is 4.46. The monoisotopic (exact) mass is 462 g/mol. The summed E-state index contributed by atoms with van der Waals surface area (Å²) >= 11 is 0.